The number of nitrogens with zero attached hydrogens (tertiary/aromatic N) is 2. The third kappa shape index (κ3) is 8.63. The van der Waals surface area contributed by atoms with E-state index in [0.29, 0.717) is 17.9 Å². The molecule has 0 amide bonds. The molecule has 10 nitrogen and oxygen atoms in total. The summed E-state index contributed by atoms with van der Waals surface area (Å²) in [5.41, 5.74) is -2.52. The summed E-state index contributed by atoms with van der Waals surface area (Å²) in [5, 5.41) is 14.2. The van der Waals surface area contributed by atoms with Crippen molar-refractivity contribution in [2.45, 2.75) is 42.9 Å². The van der Waals surface area contributed by atoms with Crippen LogP contribution in [0.1, 0.15) is 58.5 Å². The molecule has 256 valence electrons. The molecule has 1 aromatic heterocycles. The van der Waals surface area contributed by atoms with Gasteiger partial charge in [-0.3, -0.25) is 14.9 Å². The topological polar surface area (TPSA) is 139 Å². The summed E-state index contributed by atoms with van der Waals surface area (Å²) < 4.78 is 116. The lowest BCUT2D eigenvalue weighted by Crippen LogP contribution is -2.13. The van der Waals surface area contributed by atoms with E-state index in [1.807, 2.05) is 0 Å². The number of rotatable bonds is 9. The Hall–Kier alpha value is -4.64. The Morgan fingerprint density at radius 1 is 0.979 bits per heavy atom. The molecule has 1 aliphatic rings. The third-order valence-corrected chi connectivity index (χ3v) is 8.09. The summed E-state index contributed by atoms with van der Waals surface area (Å²) >= 11 is 5.80. The molecule has 3 aromatic carbocycles. The number of nitro benzene ring substituents is 1. The third-order valence-electron chi connectivity index (χ3n) is 6.66. The maximum Gasteiger partial charge on any atom is 0.416 e. The smallest absolute Gasteiger partial charge is 0.416 e. The first-order chi connectivity index (χ1) is 22.3. The minimum absolute atomic E-state index is 0.0111. The Balaban J connectivity index is 0.000000217. The molecule has 5 rings (SSSR count). The van der Waals surface area contributed by atoms with E-state index in [1.165, 1.54) is 24.4 Å². The van der Waals surface area contributed by atoms with Crippen LogP contribution in [0.4, 0.5) is 32.0 Å². The quantitative estimate of drug-likeness (QED) is 0.0719. The van der Waals surface area contributed by atoms with Gasteiger partial charge in [-0.15, -0.1) is 0 Å². The van der Waals surface area contributed by atoms with Gasteiger partial charge >= 0.3 is 18.0 Å². The lowest BCUT2D eigenvalue weighted by Gasteiger charge is -2.12. The highest BCUT2D eigenvalue weighted by Gasteiger charge is 2.36. The molecule has 0 saturated heterocycles. The first-order valence-electron chi connectivity index (χ1n) is 13.7. The van der Waals surface area contributed by atoms with Gasteiger partial charge in [-0.05, 0) is 62.2 Å². The van der Waals surface area contributed by atoms with Crippen LogP contribution in [0.15, 0.2) is 70.2 Å². The van der Waals surface area contributed by atoms with Gasteiger partial charge in [0.1, 0.15) is 11.5 Å². The van der Waals surface area contributed by atoms with Crippen molar-refractivity contribution in [2.24, 2.45) is 0 Å². The van der Waals surface area contributed by atoms with E-state index < -0.39 is 48.9 Å². The highest BCUT2D eigenvalue weighted by Crippen LogP contribution is 2.43. The predicted molar refractivity (Wildman–Crippen MR) is 157 cm³/mol. The van der Waals surface area contributed by atoms with Crippen molar-refractivity contribution >= 4 is 32.9 Å². The monoisotopic (exact) mass is 720 g/mol. The zero-order valence-electron chi connectivity index (χ0n) is 24.7. The molecular formula is C30H23ClF6N2O8S. The Kier molecular flexibility index (Phi) is 10.4. The zero-order valence-corrected chi connectivity index (χ0v) is 26.3. The van der Waals surface area contributed by atoms with Crippen LogP contribution in [0.3, 0.4) is 0 Å². The van der Waals surface area contributed by atoms with Gasteiger partial charge in [0, 0.05) is 29.9 Å². The lowest BCUT2D eigenvalue weighted by atomic mass is 10.0. The van der Waals surface area contributed by atoms with Gasteiger partial charge in [0.05, 0.1) is 44.3 Å². The average Bonchev–Trinajstić information content (AvgIpc) is 3.72. The molecule has 0 spiro atoms. The van der Waals surface area contributed by atoms with Crippen molar-refractivity contribution in [1.29, 1.82) is 0 Å². The minimum Gasteiger partial charge on any atom is -0.487 e. The van der Waals surface area contributed by atoms with Crippen molar-refractivity contribution in [3.8, 4) is 17.2 Å². The molecule has 1 fully saturated rings. The van der Waals surface area contributed by atoms with Crippen LogP contribution in [0.5, 0.6) is 17.2 Å². The molecule has 18 heteroatoms. The lowest BCUT2D eigenvalue weighted by molar-refractivity contribution is -0.385. The number of ketones is 1. The fraction of sp³-hybridized carbons (Fsp3) is 0.267. The van der Waals surface area contributed by atoms with Gasteiger partial charge in [-0.2, -0.15) is 26.3 Å². The van der Waals surface area contributed by atoms with Crippen LogP contribution in [0.2, 0.25) is 5.02 Å². The predicted octanol–water partition coefficient (Wildman–Crippen LogP) is 8.66. The number of aromatic nitrogens is 1. The number of sulfone groups is 1. The molecule has 0 atom stereocenters. The fourth-order valence-corrected chi connectivity index (χ4v) is 5.38. The number of benzene rings is 3. The van der Waals surface area contributed by atoms with Crippen LogP contribution in [-0.4, -0.2) is 37.1 Å². The fourth-order valence-electron chi connectivity index (χ4n) is 4.26. The number of hydrogen-bond acceptors (Lipinski definition) is 9. The largest absolute Gasteiger partial charge is 0.487 e. The molecule has 1 heterocycles. The number of nitro groups is 1. The second-order valence-corrected chi connectivity index (χ2v) is 12.6. The van der Waals surface area contributed by atoms with Crippen molar-refractivity contribution in [1.82, 2.24) is 5.16 Å². The number of hydrogen-bond donors (Lipinski definition) is 0. The van der Waals surface area contributed by atoms with Gasteiger partial charge in [0.15, 0.2) is 21.4 Å². The normalized spacial score (nSPS) is 13.4. The van der Waals surface area contributed by atoms with E-state index in [4.69, 9.17) is 25.6 Å². The highest BCUT2D eigenvalue weighted by molar-refractivity contribution is 7.90. The minimum atomic E-state index is -4.71. The van der Waals surface area contributed by atoms with Crippen LogP contribution in [0, 0.1) is 10.1 Å². The van der Waals surface area contributed by atoms with E-state index in [-0.39, 0.29) is 51.6 Å². The Morgan fingerprint density at radius 2 is 1.60 bits per heavy atom. The molecule has 48 heavy (non-hydrogen) atoms. The Morgan fingerprint density at radius 3 is 2.15 bits per heavy atom. The second kappa shape index (κ2) is 13.8. The standard InChI is InChI=1S/C15H11ClF3NO4.C15H12F3NO4S/c1-2-23-14-8-10(4-5-12(14)20(21)22)24-13-6-3-9(7-11(13)16)15(17,18)19;1-24(21,22)12-6-9(15(16,17)18)4-5-10(12)13(20)11-7-19-23-14(11)8-2-3-8/h3-8H,2H2,1H3;4-8H,2-3H2,1H3. The molecule has 0 N–H and O–H groups in total. The summed E-state index contributed by atoms with van der Waals surface area (Å²) in [7, 11) is -4.04. The van der Waals surface area contributed by atoms with Crippen molar-refractivity contribution in [3.63, 3.8) is 0 Å². The first kappa shape index (κ1) is 36.2. The van der Waals surface area contributed by atoms with E-state index in [2.05, 4.69) is 5.16 Å². The average molecular weight is 721 g/mol. The molecular weight excluding hydrogens is 698 g/mol. The van der Waals surface area contributed by atoms with Crippen LogP contribution < -0.4 is 9.47 Å². The summed E-state index contributed by atoms with van der Waals surface area (Å²) in [6.07, 6.45) is -5.66. The first-order valence-corrected chi connectivity index (χ1v) is 15.9. The summed E-state index contributed by atoms with van der Waals surface area (Å²) in [5.74, 6) is -0.205. The zero-order chi connectivity index (χ0) is 35.6. The summed E-state index contributed by atoms with van der Waals surface area (Å²) in [6.45, 7) is 1.86. The molecule has 0 aliphatic heterocycles. The number of carbonyl (C=O) groups is 1. The molecule has 0 unspecified atom stereocenters. The van der Waals surface area contributed by atoms with Gasteiger partial charge in [-0.1, -0.05) is 16.8 Å². The maximum absolute atomic E-state index is 12.8. The van der Waals surface area contributed by atoms with E-state index in [9.17, 15) is 49.7 Å². The number of carbonyl (C=O) groups excluding carboxylic acids is 1. The SMILES string of the molecule is CCOc1cc(Oc2ccc(C(F)(F)F)cc2Cl)ccc1[N+](=O)[O-].CS(=O)(=O)c1cc(C(F)(F)F)ccc1C(=O)c1cnoc1C1CC1. The van der Waals surface area contributed by atoms with Crippen LogP contribution in [0.25, 0.3) is 0 Å². The van der Waals surface area contributed by atoms with Crippen LogP contribution >= 0.6 is 11.6 Å². The van der Waals surface area contributed by atoms with Gasteiger partial charge in [0.25, 0.3) is 0 Å². The van der Waals surface area contributed by atoms with Gasteiger partial charge in [-0.25, -0.2) is 8.42 Å². The van der Waals surface area contributed by atoms with Crippen molar-refractivity contribution < 1.29 is 58.5 Å². The number of halogens is 7. The van der Waals surface area contributed by atoms with Crippen molar-refractivity contribution in [3.05, 3.63) is 104 Å². The highest BCUT2D eigenvalue weighted by atomic mass is 35.5. The van der Waals surface area contributed by atoms with Crippen LogP contribution in [-0.2, 0) is 22.2 Å². The maximum atomic E-state index is 12.8. The van der Waals surface area contributed by atoms with Gasteiger partial charge in [0.2, 0.25) is 5.75 Å². The molecule has 4 aromatic rings. The molecule has 0 bridgehead atoms. The van der Waals surface area contributed by atoms with E-state index in [1.54, 1.807) is 6.92 Å². The Bertz CT molecular complexity index is 1960. The summed E-state index contributed by atoms with van der Waals surface area (Å²) in [6, 6.07) is 8.45. The van der Waals surface area contributed by atoms with E-state index >= 15 is 0 Å². The number of ether oxygens (including phenoxy) is 2. The number of alkyl halides is 6. The Labute approximate surface area is 273 Å². The molecule has 0 radical (unpaired) electrons. The molecule has 1 aliphatic carbocycles. The van der Waals surface area contributed by atoms with Crippen molar-refractivity contribution in [2.75, 3.05) is 12.9 Å². The second-order valence-electron chi connectivity index (χ2n) is 10.3. The molecule has 1 saturated carbocycles. The van der Waals surface area contributed by atoms with E-state index in [0.717, 1.165) is 43.4 Å². The summed E-state index contributed by atoms with van der Waals surface area (Å²) in [4.78, 5) is 22.3. The van der Waals surface area contributed by atoms with Gasteiger partial charge < -0.3 is 14.0 Å².